The number of benzene rings is 3. The van der Waals surface area contributed by atoms with Gasteiger partial charge in [-0.05, 0) is 66.8 Å². The summed E-state index contributed by atoms with van der Waals surface area (Å²) in [6.45, 7) is 3.03. The van der Waals surface area contributed by atoms with Gasteiger partial charge in [-0.15, -0.1) is 0 Å². The van der Waals surface area contributed by atoms with Crippen LogP contribution in [-0.2, 0) is 16.8 Å². The number of hydrogen-bond donors (Lipinski definition) is 1. The maximum Gasteiger partial charge on any atom is 0.253 e. The Morgan fingerprint density at radius 3 is 2.30 bits per heavy atom. The lowest BCUT2D eigenvalue weighted by Crippen LogP contribution is -2.56. The monoisotopic (exact) mass is 639 g/mol. The zero-order chi connectivity index (χ0) is 31.4. The Morgan fingerprint density at radius 1 is 0.977 bits per heavy atom. The van der Waals surface area contributed by atoms with Gasteiger partial charge in [0.05, 0.1) is 43.3 Å². The van der Waals surface area contributed by atoms with Crippen LogP contribution in [0.3, 0.4) is 0 Å². The van der Waals surface area contributed by atoms with Crippen molar-refractivity contribution in [2.24, 2.45) is 0 Å². The highest BCUT2D eigenvalue weighted by atomic mass is 35.5. The normalized spacial score (nSPS) is 16.5. The van der Waals surface area contributed by atoms with Gasteiger partial charge < -0.3 is 29.3 Å². The van der Waals surface area contributed by atoms with E-state index in [1.165, 1.54) is 26.9 Å². The Morgan fingerprint density at radius 2 is 1.66 bits per heavy atom. The van der Waals surface area contributed by atoms with Gasteiger partial charge in [-0.3, -0.25) is 9.59 Å². The van der Waals surface area contributed by atoms with Crippen LogP contribution in [0.2, 0.25) is 10.0 Å². The first-order chi connectivity index (χ1) is 21.2. The number of halogens is 2. The minimum atomic E-state index is -0.307. The molecule has 8 nitrogen and oxygen atoms in total. The highest BCUT2D eigenvalue weighted by Gasteiger charge is 2.41. The molecule has 2 amide bonds. The van der Waals surface area contributed by atoms with E-state index in [0.717, 1.165) is 50.0 Å². The first kappa shape index (κ1) is 31.9. The molecule has 3 aromatic rings. The van der Waals surface area contributed by atoms with Gasteiger partial charge in [-0.25, -0.2) is 0 Å². The quantitative estimate of drug-likeness (QED) is 0.296. The van der Waals surface area contributed by atoms with Crippen molar-refractivity contribution in [1.82, 2.24) is 15.1 Å². The molecule has 3 aromatic carbocycles. The van der Waals surface area contributed by atoms with E-state index in [1.807, 2.05) is 18.2 Å². The maximum absolute atomic E-state index is 13.7. The zero-order valence-electron chi connectivity index (χ0n) is 25.6. The number of methoxy groups -OCH3 is 3. The van der Waals surface area contributed by atoms with Crippen LogP contribution in [0.1, 0.15) is 52.2 Å². The molecule has 0 saturated carbocycles. The third kappa shape index (κ3) is 6.63. The summed E-state index contributed by atoms with van der Waals surface area (Å²) in [6.07, 6.45) is 2.95. The van der Waals surface area contributed by atoms with Crippen LogP contribution in [0.5, 0.6) is 17.2 Å². The van der Waals surface area contributed by atoms with Crippen molar-refractivity contribution < 1.29 is 23.8 Å². The standard InChI is InChI=1S/C34H39Cl2N3O5/c1-38(33(41)25-18-29(42-2)32(44-4)30(19-25)43-3)21-24(22-9-10-27(35)28(36)17-22)11-14-39-15-12-34(13-16-39)26-8-6-5-7-23(26)20-31(40)37-34/h5-10,17-19,24H,11-16,20-21H2,1-4H3,(H,37,40). The number of nitrogens with zero attached hydrogens (tertiary/aromatic N) is 2. The number of fused-ring (bicyclic) bond motifs is 2. The molecule has 10 heteroatoms. The summed E-state index contributed by atoms with van der Waals surface area (Å²) >= 11 is 12.7. The van der Waals surface area contributed by atoms with Crippen LogP contribution in [0, 0.1) is 0 Å². The van der Waals surface area contributed by atoms with Crippen molar-refractivity contribution in [1.29, 1.82) is 0 Å². The van der Waals surface area contributed by atoms with Crippen molar-refractivity contribution in [3.05, 3.63) is 86.9 Å². The number of carbonyl (C=O) groups excluding carboxylic acids is 2. The first-order valence-corrected chi connectivity index (χ1v) is 15.6. The molecule has 2 aliphatic heterocycles. The van der Waals surface area contributed by atoms with Gasteiger partial charge in [-0.2, -0.15) is 0 Å². The van der Waals surface area contributed by atoms with Crippen LogP contribution in [0.25, 0.3) is 0 Å². The topological polar surface area (TPSA) is 80.3 Å². The lowest BCUT2D eigenvalue weighted by Gasteiger charge is -2.46. The number of piperidine rings is 1. The van der Waals surface area contributed by atoms with Crippen LogP contribution >= 0.6 is 23.2 Å². The summed E-state index contributed by atoms with van der Waals surface area (Å²) in [6, 6.07) is 17.3. The lowest BCUT2D eigenvalue weighted by molar-refractivity contribution is -0.124. The summed E-state index contributed by atoms with van der Waals surface area (Å²) in [7, 11) is 6.38. The highest BCUT2D eigenvalue weighted by Crippen LogP contribution is 2.40. The molecule has 2 aliphatic rings. The second-order valence-electron chi connectivity index (χ2n) is 11.6. The zero-order valence-corrected chi connectivity index (χ0v) is 27.1. The van der Waals surface area contributed by atoms with Crippen LogP contribution in [0.4, 0.5) is 0 Å². The Hall–Kier alpha value is -3.46. The smallest absolute Gasteiger partial charge is 0.253 e. The van der Waals surface area contributed by atoms with Gasteiger partial charge in [0, 0.05) is 38.2 Å². The van der Waals surface area contributed by atoms with Crippen molar-refractivity contribution in [3.8, 4) is 17.2 Å². The molecule has 1 saturated heterocycles. The molecular weight excluding hydrogens is 601 g/mol. The molecule has 1 spiro atoms. The maximum atomic E-state index is 13.7. The fraction of sp³-hybridized carbons (Fsp3) is 0.412. The summed E-state index contributed by atoms with van der Waals surface area (Å²) in [5, 5.41) is 4.30. The molecule has 0 radical (unpaired) electrons. The minimum Gasteiger partial charge on any atom is -0.493 e. The summed E-state index contributed by atoms with van der Waals surface area (Å²) < 4.78 is 16.4. The number of nitrogens with one attached hydrogen (secondary N) is 1. The van der Waals surface area contributed by atoms with E-state index in [2.05, 4.69) is 28.4 Å². The van der Waals surface area contributed by atoms with Gasteiger partial charge in [0.1, 0.15) is 0 Å². The Kier molecular flexibility index (Phi) is 9.93. The second-order valence-corrected chi connectivity index (χ2v) is 12.4. The molecular formula is C34H39Cl2N3O5. The van der Waals surface area contributed by atoms with Crippen LogP contribution in [0.15, 0.2) is 54.6 Å². The Labute approximate surface area is 269 Å². The average molecular weight is 641 g/mol. The van der Waals surface area contributed by atoms with E-state index >= 15 is 0 Å². The number of hydrogen-bond acceptors (Lipinski definition) is 6. The molecule has 44 heavy (non-hydrogen) atoms. The lowest BCUT2D eigenvalue weighted by atomic mass is 9.75. The fourth-order valence-corrected chi connectivity index (χ4v) is 6.86. The molecule has 1 unspecified atom stereocenters. The molecule has 1 atom stereocenters. The number of ether oxygens (including phenoxy) is 3. The predicted molar refractivity (Wildman–Crippen MR) is 173 cm³/mol. The molecule has 0 aromatic heterocycles. The number of likely N-dealkylation sites (tertiary alicyclic amines) is 1. The third-order valence-corrected chi connectivity index (χ3v) is 9.67. The number of rotatable bonds is 10. The molecule has 1 fully saturated rings. The van der Waals surface area contributed by atoms with Crippen molar-refractivity contribution in [2.75, 3.05) is 54.6 Å². The van der Waals surface area contributed by atoms with Crippen molar-refractivity contribution >= 4 is 35.0 Å². The summed E-state index contributed by atoms with van der Waals surface area (Å²) in [5.74, 6) is 1.21. The van der Waals surface area contributed by atoms with Gasteiger partial charge in [0.15, 0.2) is 11.5 Å². The minimum absolute atomic E-state index is 0.00625. The molecule has 2 heterocycles. The average Bonchev–Trinajstić information content (AvgIpc) is 3.03. The molecule has 1 N–H and O–H groups in total. The molecule has 0 aliphatic carbocycles. The predicted octanol–water partition coefficient (Wildman–Crippen LogP) is 5.93. The van der Waals surface area contributed by atoms with E-state index in [0.29, 0.717) is 45.8 Å². The van der Waals surface area contributed by atoms with E-state index in [-0.39, 0.29) is 23.3 Å². The van der Waals surface area contributed by atoms with Crippen LogP contribution in [-0.4, -0.2) is 76.2 Å². The molecule has 0 bridgehead atoms. The van der Waals surface area contributed by atoms with E-state index in [1.54, 1.807) is 30.1 Å². The second kappa shape index (κ2) is 13.7. The van der Waals surface area contributed by atoms with Gasteiger partial charge in [0.25, 0.3) is 5.91 Å². The Bertz CT molecular complexity index is 1500. The molecule has 234 valence electrons. The number of amides is 2. The molecule has 5 rings (SSSR count). The van der Waals surface area contributed by atoms with Crippen molar-refractivity contribution in [2.45, 2.75) is 37.1 Å². The van der Waals surface area contributed by atoms with Crippen LogP contribution < -0.4 is 19.5 Å². The third-order valence-electron chi connectivity index (χ3n) is 8.93. The highest BCUT2D eigenvalue weighted by molar-refractivity contribution is 6.42. The number of carbonyl (C=O) groups is 2. The largest absolute Gasteiger partial charge is 0.493 e. The van der Waals surface area contributed by atoms with Gasteiger partial charge >= 0.3 is 0 Å². The first-order valence-electron chi connectivity index (χ1n) is 14.8. The van der Waals surface area contributed by atoms with Gasteiger partial charge in [-0.1, -0.05) is 53.5 Å². The van der Waals surface area contributed by atoms with Crippen molar-refractivity contribution in [3.63, 3.8) is 0 Å². The van der Waals surface area contributed by atoms with E-state index in [4.69, 9.17) is 37.4 Å². The summed E-state index contributed by atoms with van der Waals surface area (Å²) in [5.41, 5.74) is 3.53. The SMILES string of the molecule is COc1cc(C(=O)N(C)CC(CCN2CCC3(CC2)NC(=O)Cc2ccccc23)c2ccc(Cl)c(Cl)c2)cc(OC)c1OC. The van der Waals surface area contributed by atoms with E-state index < -0.39 is 0 Å². The summed E-state index contributed by atoms with van der Waals surface area (Å²) in [4.78, 5) is 30.4. The fourth-order valence-electron chi connectivity index (χ4n) is 6.55. The Balaban J connectivity index is 1.30. The number of likely N-dealkylation sites (N-methyl/N-ethyl adjacent to an activating group) is 1. The van der Waals surface area contributed by atoms with Gasteiger partial charge in [0.2, 0.25) is 11.7 Å². The van der Waals surface area contributed by atoms with E-state index in [9.17, 15) is 9.59 Å².